The number of hydrogen-bond donors (Lipinski definition) is 0. The molecule has 5 nitrogen and oxygen atoms in total. The third-order valence-corrected chi connectivity index (χ3v) is 4.78. The minimum absolute atomic E-state index is 0.0302. The fraction of sp³-hybridized carbons (Fsp3) is 0.120. The van der Waals surface area contributed by atoms with Crippen LogP contribution in [0.5, 0.6) is 5.75 Å². The van der Waals surface area contributed by atoms with Crippen molar-refractivity contribution in [3.8, 4) is 17.1 Å². The Morgan fingerprint density at radius 1 is 0.900 bits per heavy atom. The van der Waals surface area contributed by atoms with Crippen LogP contribution in [0.2, 0.25) is 0 Å². The van der Waals surface area contributed by atoms with E-state index in [4.69, 9.17) is 14.0 Å². The number of esters is 1. The largest absolute Gasteiger partial charge is 0.497 e. The van der Waals surface area contributed by atoms with Crippen molar-refractivity contribution in [2.75, 3.05) is 7.11 Å². The monoisotopic (exact) mass is 399 g/mol. The molecule has 0 N–H and O–H groups in total. The molecule has 0 radical (unpaired) electrons. The predicted octanol–water partition coefficient (Wildman–Crippen LogP) is 5.23. The molecule has 0 amide bonds. The second-order valence-corrected chi connectivity index (χ2v) is 6.78. The highest BCUT2D eigenvalue weighted by Crippen LogP contribution is 2.27. The third kappa shape index (κ3) is 4.41. The number of methoxy groups -OCH3 is 1. The Morgan fingerprint density at radius 2 is 1.57 bits per heavy atom. The standard InChI is InChI=1S/C25H21NO4/c1-28-22-14-8-13-20(15-22)23-16-21(26-30-23)17-29-25(27)24(18-9-4-2-5-10-18)19-11-6-3-7-12-19/h2-16,24H,17H2,1H3. The zero-order chi connectivity index (χ0) is 20.8. The maximum Gasteiger partial charge on any atom is 0.318 e. The van der Waals surface area contributed by atoms with Crippen LogP contribution in [-0.4, -0.2) is 18.2 Å². The molecule has 0 aliphatic rings. The lowest BCUT2D eigenvalue weighted by Gasteiger charge is -2.16. The van der Waals surface area contributed by atoms with E-state index in [2.05, 4.69) is 5.16 Å². The van der Waals surface area contributed by atoms with Gasteiger partial charge in [-0.2, -0.15) is 0 Å². The van der Waals surface area contributed by atoms with Gasteiger partial charge in [0.25, 0.3) is 0 Å². The van der Waals surface area contributed by atoms with Crippen LogP contribution in [0.25, 0.3) is 11.3 Å². The van der Waals surface area contributed by atoms with Crippen molar-refractivity contribution in [3.05, 3.63) is 108 Å². The highest BCUT2D eigenvalue weighted by molar-refractivity contribution is 5.82. The molecule has 1 heterocycles. The van der Waals surface area contributed by atoms with Gasteiger partial charge < -0.3 is 14.0 Å². The molecule has 0 bridgehead atoms. The molecule has 0 fully saturated rings. The number of rotatable bonds is 7. The van der Waals surface area contributed by atoms with Gasteiger partial charge in [0.05, 0.1) is 7.11 Å². The van der Waals surface area contributed by atoms with Gasteiger partial charge >= 0.3 is 5.97 Å². The van der Waals surface area contributed by atoms with Crippen molar-refractivity contribution < 1.29 is 18.8 Å². The average molecular weight is 399 g/mol. The molecular weight excluding hydrogens is 378 g/mol. The zero-order valence-corrected chi connectivity index (χ0v) is 16.5. The highest BCUT2D eigenvalue weighted by Gasteiger charge is 2.24. The second-order valence-electron chi connectivity index (χ2n) is 6.78. The van der Waals surface area contributed by atoms with E-state index in [1.54, 1.807) is 13.2 Å². The first-order valence-electron chi connectivity index (χ1n) is 9.61. The van der Waals surface area contributed by atoms with Crippen LogP contribution >= 0.6 is 0 Å². The summed E-state index contributed by atoms with van der Waals surface area (Å²) >= 11 is 0. The van der Waals surface area contributed by atoms with Crippen LogP contribution in [0.3, 0.4) is 0 Å². The van der Waals surface area contributed by atoms with Gasteiger partial charge in [-0.25, -0.2) is 0 Å². The maximum atomic E-state index is 13.0. The van der Waals surface area contributed by atoms with Crippen molar-refractivity contribution in [1.82, 2.24) is 5.16 Å². The molecule has 0 aliphatic heterocycles. The lowest BCUT2D eigenvalue weighted by molar-refractivity contribution is -0.145. The van der Waals surface area contributed by atoms with E-state index >= 15 is 0 Å². The summed E-state index contributed by atoms with van der Waals surface area (Å²) in [7, 11) is 1.61. The van der Waals surface area contributed by atoms with Gasteiger partial charge in [0.15, 0.2) is 5.76 Å². The van der Waals surface area contributed by atoms with Crippen molar-refractivity contribution in [3.63, 3.8) is 0 Å². The second kappa shape index (κ2) is 9.09. The van der Waals surface area contributed by atoms with E-state index in [9.17, 15) is 4.79 Å². The van der Waals surface area contributed by atoms with Crippen LogP contribution in [-0.2, 0) is 16.1 Å². The third-order valence-electron chi connectivity index (χ3n) is 4.78. The first kappa shape index (κ1) is 19.5. The van der Waals surface area contributed by atoms with Gasteiger partial charge in [0.2, 0.25) is 0 Å². The van der Waals surface area contributed by atoms with E-state index in [-0.39, 0.29) is 12.6 Å². The predicted molar refractivity (Wildman–Crippen MR) is 113 cm³/mol. The molecule has 4 rings (SSSR count). The summed E-state index contributed by atoms with van der Waals surface area (Å²) in [6.07, 6.45) is 0. The van der Waals surface area contributed by atoms with Crippen LogP contribution < -0.4 is 4.74 Å². The fourth-order valence-electron chi connectivity index (χ4n) is 3.28. The molecule has 0 unspecified atom stereocenters. The minimum atomic E-state index is -0.503. The summed E-state index contributed by atoms with van der Waals surface area (Å²) in [5.74, 6) is 0.476. The van der Waals surface area contributed by atoms with Crippen LogP contribution in [0.4, 0.5) is 0 Å². The van der Waals surface area contributed by atoms with Gasteiger partial charge in [-0.1, -0.05) is 78.0 Å². The summed E-state index contributed by atoms with van der Waals surface area (Å²) in [6, 6.07) is 28.5. The van der Waals surface area contributed by atoms with Crippen LogP contribution in [0.1, 0.15) is 22.7 Å². The normalized spacial score (nSPS) is 10.7. The summed E-state index contributed by atoms with van der Waals surface area (Å²) in [5, 5.41) is 4.03. The molecule has 0 aliphatic carbocycles. The van der Waals surface area contributed by atoms with Gasteiger partial charge in [-0.05, 0) is 23.3 Å². The van der Waals surface area contributed by atoms with E-state index in [0.29, 0.717) is 11.5 Å². The number of ether oxygens (including phenoxy) is 2. The van der Waals surface area contributed by atoms with E-state index < -0.39 is 5.92 Å². The van der Waals surface area contributed by atoms with Crippen LogP contribution in [0.15, 0.2) is 95.5 Å². The molecule has 4 aromatic rings. The molecule has 0 atom stereocenters. The first-order valence-corrected chi connectivity index (χ1v) is 9.61. The summed E-state index contributed by atoms with van der Waals surface area (Å²) in [4.78, 5) is 13.0. The number of nitrogens with zero attached hydrogens (tertiary/aromatic N) is 1. The maximum absolute atomic E-state index is 13.0. The number of aromatic nitrogens is 1. The molecule has 1 aromatic heterocycles. The lowest BCUT2D eigenvalue weighted by Crippen LogP contribution is -2.17. The molecule has 0 saturated heterocycles. The van der Waals surface area contributed by atoms with Gasteiger partial charge in [0, 0.05) is 11.6 Å². The fourth-order valence-corrected chi connectivity index (χ4v) is 3.28. The first-order chi connectivity index (χ1) is 14.7. The topological polar surface area (TPSA) is 61.6 Å². The quantitative estimate of drug-likeness (QED) is 0.399. The Bertz CT molecular complexity index is 1070. The van der Waals surface area contributed by atoms with Crippen molar-refractivity contribution >= 4 is 5.97 Å². The lowest BCUT2D eigenvalue weighted by atomic mass is 9.91. The van der Waals surface area contributed by atoms with Crippen LogP contribution in [0, 0.1) is 0 Å². The average Bonchev–Trinajstić information content (AvgIpc) is 3.29. The Labute approximate surface area is 174 Å². The van der Waals surface area contributed by atoms with Gasteiger partial charge in [0.1, 0.15) is 24.0 Å². The smallest absolute Gasteiger partial charge is 0.318 e. The molecule has 0 spiro atoms. The Morgan fingerprint density at radius 3 is 2.20 bits per heavy atom. The summed E-state index contributed by atoms with van der Waals surface area (Å²) in [5.41, 5.74) is 3.14. The number of carbonyl (C=O) groups excluding carboxylic acids is 1. The minimum Gasteiger partial charge on any atom is -0.497 e. The van der Waals surface area contributed by atoms with Gasteiger partial charge in [-0.15, -0.1) is 0 Å². The van der Waals surface area contributed by atoms with Crippen molar-refractivity contribution in [2.45, 2.75) is 12.5 Å². The Kier molecular flexibility index (Phi) is 5.90. The zero-order valence-electron chi connectivity index (χ0n) is 16.5. The van der Waals surface area contributed by atoms with E-state index in [1.807, 2.05) is 84.9 Å². The summed E-state index contributed by atoms with van der Waals surface area (Å²) in [6.45, 7) is 0.0302. The van der Waals surface area contributed by atoms with E-state index in [0.717, 1.165) is 22.4 Å². The van der Waals surface area contributed by atoms with Gasteiger partial charge in [-0.3, -0.25) is 4.79 Å². The number of benzene rings is 3. The van der Waals surface area contributed by atoms with Crippen molar-refractivity contribution in [1.29, 1.82) is 0 Å². The highest BCUT2D eigenvalue weighted by atomic mass is 16.5. The molecule has 0 saturated carbocycles. The van der Waals surface area contributed by atoms with Crippen molar-refractivity contribution in [2.24, 2.45) is 0 Å². The van der Waals surface area contributed by atoms with E-state index in [1.165, 1.54) is 0 Å². The molecule has 150 valence electrons. The summed E-state index contributed by atoms with van der Waals surface area (Å²) < 4.78 is 16.3. The Balaban J connectivity index is 1.50. The molecule has 30 heavy (non-hydrogen) atoms. The number of hydrogen-bond acceptors (Lipinski definition) is 5. The molecule has 3 aromatic carbocycles. The number of carbonyl (C=O) groups is 1. The molecule has 5 heteroatoms. The Hall–Kier alpha value is -3.86. The SMILES string of the molecule is COc1cccc(-c2cc(COC(=O)C(c3ccccc3)c3ccccc3)no2)c1. The molecular formula is C25H21NO4.